The molecule has 0 aliphatic heterocycles. The largest absolute Gasteiger partial charge is 0.399 e. The van der Waals surface area contributed by atoms with Crippen LogP contribution in [0, 0.1) is 0 Å². The summed E-state index contributed by atoms with van der Waals surface area (Å²) in [6.45, 7) is 3.01. The number of anilines is 1. The first-order valence-corrected chi connectivity index (χ1v) is 6.01. The zero-order valence-electron chi connectivity index (χ0n) is 10.2. The molecule has 0 bridgehead atoms. The summed E-state index contributed by atoms with van der Waals surface area (Å²) in [6.07, 6.45) is 0.876. The molecule has 3 aromatic rings. The van der Waals surface area contributed by atoms with Crippen LogP contribution in [0.25, 0.3) is 21.8 Å². The van der Waals surface area contributed by atoms with Crippen LogP contribution in [0.3, 0.4) is 0 Å². The maximum Gasteiger partial charge on any atom is 0.150 e. The van der Waals surface area contributed by atoms with Crippen LogP contribution in [-0.2, 0) is 6.54 Å². The molecule has 3 rings (SSSR count). The molecule has 3 heteroatoms. The Kier molecular flexibility index (Phi) is 2.33. The van der Waals surface area contributed by atoms with Crippen molar-refractivity contribution in [2.75, 3.05) is 5.73 Å². The van der Waals surface area contributed by atoms with E-state index >= 15 is 0 Å². The van der Waals surface area contributed by atoms with Crippen LogP contribution in [0.15, 0.2) is 36.4 Å². The highest BCUT2D eigenvalue weighted by Gasteiger charge is 2.10. The van der Waals surface area contributed by atoms with E-state index in [1.54, 1.807) is 0 Å². The summed E-state index contributed by atoms with van der Waals surface area (Å²) in [5, 5.41) is 2.19. The standard InChI is InChI=1S/C15H14N2O/c1-2-17-14-5-3-10(9-18)7-12(14)13-8-11(16)4-6-15(13)17/h3-9H,2,16H2,1H3. The molecule has 0 saturated carbocycles. The van der Waals surface area contributed by atoms with Gasteiger partial charge >= 0.3 is 0 Å². The second kappa shape index (κ2) is 3.88. The number of hydrogen-bond acceptors (Lipinski definition) is 2. The molecule has 1 heterocycles. The van der Waals surface area contributed by atoms with Gasteiger partial charge in [0.05, 0.1) is 0 Å². The lowest BCUT2D eigenvalue weighted by atomic mass is 10.1. The summed E-state index contributed by atoms with van der Waals surface area (Å²) in [7, 11) is 0. The Hall–Kier alpha value is -2.29. The first-order valence-electron chi connectivity index (χ1n) is 6.01. The number of nitrogens with zero attached hydrogens (tertiary/aromatic N) is 1. The van der Waals surface area contributed by atoms with Gasteiger partial charge in [0.15, 0.2) is 0 Å². The highest BCUT2D eigenvalue weighted by atomic mass is 16.1. The second-order valence-corrected chi connectivity index (χ2v) is 4.42. The predicted molar refractivity (Wildman–Crippen MR) is 74.9 cm³/mol. The minimum atomic E-state index is 0.695. The lowest BCUT2D eigenvalue weighted by Crippen LogP contribution is -1.93. The Morgan fingerprint density at radius 1 is 1.11 bits per heavy atom. The summed E-state index contributed by atoms with van der Waals surface area (Å²) in [6, 6.07) is 11.7. The van der Waals surface area contributed by atoms with Crippen LogP contribution in [0.5, 0.6) is 0 Å². The molecule has 0 saturated heterocycles. The highest BCUT2D eigenvalue weighted by molar-refractivity contribution is 6.10. The van der Waals surface area contributed by atoms with E-state index in [4.69, 9.17) is 5.73 Å². The summed E-state index contributed by atoms with van der Waals surface area (Å²) < 4.78 is 2.23. The number of fused-ring (bicyclic) bond motifs is 3. The van der Waals surface area contributed by atoms with Crippen LogP contribution < -0.4 is 5.73 Å². The summed E-state index contributed by atoms with van der Waals surface area (Å²) in [5.41, 5.74) is 9.60. The lowest BCUT2D eigenvalue weighted by molar-refractivity contribution is 0.112. The number of nitrogen functional groups attached to an aromatic ring is 1. The molecule has 0 aliphatic rings. The van der Waals surface area contributed by atoms with E-state index in [9.17, 15) is 4.79 Å². The van der Waals surface area contributed by atoms with Gasteiger partial charge in [0.2, 0.25) is 0 Å². The van der Waals surface area contributed by atoms with Crippen LogP contribution in [0.2, 0.25) is 0 Å². The SMILES string of the molecule is CCn1c2ccc(N)cc2c2cc(C=O)ccc21. The van der Waals surface area contributed by atoms with Crippen molar-refractivity contribution in [2.24, 2.45) is 0 Å². The molecule has 2 N–H and O–H groups in total. The quantitative estimate of drug-likeness (QED) is 0.550. The van der Waals surface area contributed by atoms with E-state index < -0.39 is 0 Å². The average Bonchev–Trinajstić information content (AvgIpc) is 2.71. The van der Waals surface area contributed by atoms with Gasteiger partial charge in [0.1, 0.15) is 6.29 Å². The number of hydrogen-bond donors (Lipinski definition) is 1. The first-order chi connectivity index (χ1) is 8.74. The Morgan fingerprint density at radius 3 is 2.44 bits per heavy atom. The molecule has 1 aromatic heterocycles. The average molecular weight is 238 g/mol. The molecular formula is C15H14N2O. The highest BCUT2D eigenvalue weighted by Crippen LogP contribution is 2.30. The molecule has 0 unspecified atom stereocenters. The van der Waals surface area contributed by atoms with Gasteiger partial charge in [-0.3, -0.25) is 4.79 Å². The monoisotopic (exact) mass is 238 g/mol. The predicted octanol–water partition coefficient (Wildman–Crippen LogP) is 3.21. The topological polar surface area (TPSA) is 48.0 Å². The van der Waals surface area contributed by atoms with Crippen LogP contribution in [-0.4, -0.2) is 10.9 Å². The van der Waals surface area contributed by atoms with Crippen molar-refractivity contribution in [3.05, 3.63) is 42.0 Å². The van der Waals surface area contributed by atoms with Crippen molar-refractivity contribution < 1.29 is 4.79 Å². The number of aromatic nitrogens is 1. The van der Waals surface area contributed by atoms with Crippen molar-refractivity contribution in [3.63, 3.8) is 0 Å². The first kappa shape index (κ1) is 10.8. The van der Waals surface area contributed by atoms with Gasteiger partial charge in [-0.15, -0.1) is 0 Å². The van der Waals surface area contributed by atoms with E-state index in [1.165, 1.54) is 0 Å². The van der Waals surface area contributed by atoms with Gasteiger partial charge in [0.25, 0.3) is 0 Å². The number of carbonyl (C=O) groups excluding carboxylic acids is 1. The van der Waals surface area contributed by atoms with E-state index in [0.717, 1.165) is 40.3 Å². The van der Waals surface area contributed by atoms with Crippen LogP contribution >= 0.6 is 0 Å². The fraction of sp³-hybridized carbons (Fsp3) is 0.133. The zero-order chi connectivity index (χ0) is 12.7. The van der Waals surface area contributed by atoms with Gasteiger partial charge in [-0.25, -0.2) is 0 Å². The maximum atomic E-state index is 10.9. The minimum absolute atomic E-state index is 0.695. The van der Waals surface area contributed by atoms with Crippen molar-refractivity contribution in [1.82, 2.24) is 4.57 Å². The lowest BCUT2D eigenvalue weighted by Gasteiger charge is -2.02. The number of benzene rings is 2. The third kappa shape index (κ3) is 1.40. The fourth-order valence-corrected chi connectivity index (χ4v) is 2.55. The van der Waals surface area contributed by atoms with Crippen molar-refractivity contribution >= 4 is 33.8 Å². The second-order valence-electron chi connectivity index (χ2n) is 4.42. The summed E-state index contributed by atoms with van der Waals surface area (Å²) >= 11 is 0. The third-order valence-corrected chi connectivity index (χ3v) is 3.37. The number of aryl methyl sites for hydroxylation is 1. The molecule has 0 amide bonds. The maximum absolute atomic E-state index is 10.9. The van der Waals surface area contributed by atoms with Crippen LogP contribution in [0.1, 0.15) is 17.3 Å². The minimum Gasteiger partial charge on any atom is -0.399 e. The third-order valence-electron chi connectivity index (χ3n) is 3.37. The number of nitrogens with two attached hydrogens (primary N) is 1. The molecule has 0 spiro atoms. The number of carbonyl (C=O) groups is 1. The van der Waals surface area contributed by atoms with E-state index in [2.05, 4.69) is 11.5 Å². The zero-order valence-corrected chi connectivity index (χ0v) is 10.2. The van der Waals surface area contributed by atoms with Gasteiger partial charge in [-0.1, -0.05) is 0 Å². The van der Waals surface area contributed by atoms with E-state index in [1.807, 2.05) is 36.4 Å². The van der Waals surface area contributed by atoms with E-state index in [-0.39, 0.29) is 0 Å². The molecule has 0 aliphatic carbocycles. The molecule has 0 radical (unpaired) electrons. The van der Waals surface area contributed by atoms with Crippen molar-refractivity contribution in [3.8, 4) is 0 Å². The molecule has 18 heavy (non-hydrogen) atoms. The van der Waals surface area contributed by atoms with Gasteiger partial charge in [-0.2, -0.15) is 0 Å². The normalized spacial score (nSPS) is 11.2. The Balaban J connectivity index is 2.53. The number of rotatable bonds is 2. The van der Waals surface area contributed by atoms with Crippen molar-refractivity contribution in [2.45, 2.75) is 13.5 Å². The molecule has 2 aromatic carbocycles. The van der Waals surface area contributed by atoms with Gasteiger partial charge < -0.3 is 10.3 Å². The fourth-order valence-electron chi connectivity index (χ4n) is 2.55. The molecule has 90 valence electrons. The molecule has 0 fully saturated rings. The van der Waals surface area contributed by atoms with Crippen molar-refractivity contribution in [1.29, 1.82) is 0 Å². The molecule has 3 nitrogen and oxygen atoms in total. The van der Waals surface area contributed by atoms with Gasteiger partial charge in [-0.05, 0) is 43.3 Å². The van der Waals surface area contributed by atoms with E-state index in [0.29, 0.717) is 5.56 Å². The van der Waals surface area contributed by atoms with Gasteiger partial charge in [0, 0.05) is 39.6 Å². The summed E-state index contributed by atoms with van der Waals surface area (Å²) in [4.78, 5) is 10.9. The number of aldehydes is 1. The Bertz CT molecular complexity index is 756. The Labute approximate surface area is 105 Å². The smallest absolute Gasteiger partial charge is 0.150 e. The summed E-state index contributed by atoms with van der Waals surface area (Å²) in [5.74, 6) is 0. The van der Waals surface area contributed by atoms with Crippen LogP contribution in [0.4, 0.5) is 5.69 Å². The Morgan fingerprint density at radius 2 is 1.78 bits per heavy atom. The molecular weight excluding hydrogens is 224 g/mol. The molecule has 0 atom stereocenters.